The number of nitrogens with one attached hydrogen (secondary N) is 2. The minimum absolute atomic E-state index is 0.0380. The summed E-state index contributed by atoms with van der Waals surface area (Å²) < 4.78 is 5.23. The number of amides is 2. The fourth-order valence-corrected chi connectivity index (χ4v) is 3.91. The Morgan fingerprint density at radius 3 is 2.54 bits per heavy atom. The van der Waals surface area contributed by atoms with Crippen LogP contribution in [0.2, 0.25) is 0 Å². The molecule has 7 heteroatoms. The van der Waals surface area contributed by atoms with Crippen molar-refractivity contribution in [2.75, 3.05) is 17.2 Å². The van der Waals surface area contributed by atoms with Gasteiger partial charge in [-0.15, -0.1) is 11.3 Å². The SMILES string of the molecule is CCc1ccccc1NC(=O)COC(=O)c1c(NC(=O)C2CC2)sc(C)c1C. The van der Waals surface area contributed by atoms with Crippen molar-refractivity contribution in [1.82, 2.24) is 0 Å². The zero-order valence-corrected chi connectivity index (χ0v) is 17.1. The Hall–Kier alpha value is -2.67. The summed E-state index contributed by atoms with van der Waals surface area (Å²) in [6.45, 7) is 5.32. The van der Waals surface area contributed by atoms with Crippen LogP contribution in [0.15, 0.2) is 24.3 Å². The first-order chi connectivity index (χ1) is 13.4. The Balaban J connectivity index is 1.64. The summed E-state index contributed by atoms with van der Waals surface area (Å²) in [7, 11) is 0. The number of benzene rings is 1. The molecule has 3 rings (SSSR count). The average Bonchev–Trinajstić information content (AvgIpc) is 3.48. The Morgan fingerprint density at radius 1 is 1.14 bits per heavy atom. The summed E-state index contributed by atoms with van der Waals surface area (Å²) in [6.07, 6.45) is 2.55. The van der Waals surface area contributed by atoms with Gasteiger partial charge in [-0.1, -0.05) is 25.1 Å². The predicted molar refractivity (Wildman–Crippen MR) is 110 cm³/mol. The van der Waals surface area contributed by atoms with E-state index in [-0.39, 0.29) is 18.4 Å². The van der Waals surface area contributed by atoms with Crippen molar-refractivity contribution in [2.24, 2.45) is 5.92 Å². The molecule has 1 aromatic heterocycles. The average molecular weight is 401 g/mol. The summed E-state index contributed by atoms with van der Waals surface area (Å²) in [6, 6.07) is 7.51. The molecule has 1 aliphatic carbocycles. The minimum atomic E-state index is -0.605. The molecule has 1 aromatic carbocycles. The van der Waals surface area contributed by atoms with Crippen molar-refractivity contribution in [1.29, 1.82) is 0 Å². The van der Waals surface area contributed by atoms with Gasteiger partial charge >= 0.3 is 5.97 Å². The monoisotopic (exact) mass is 400 g/mol. The number of ether oxygens (including phenoxy) is 1. The molecular weight excluding hydrogens is 376 g/mol. The molecule has 0 radical (unpaired) electrons. The van der Waals surface area contributed by atoms with Gasteiger partial charge in [-0.25, -0.2) is 4.79 Å². The number of thiophene rings is 1. The van der Waals surface area contributed by atoms with Crippen LogP contribution in [0.25, 0.3) is 0 Å². The number of rotatable bonds is 7. The largest absolute Gasteiger partial charge is 0.452 e. The van der Waals surface area contributed by atoms with Crippen LogP contribution in [0.3, 0.4) is 0 Å². The third-order valence-electron chi connectivity index (χ3n) is 4.78. The van der Waals surface area contributed by atoms with Gasteiger partial charge in [0, 0.05) is 16.5 Å². The minimum Gasteiger partial charge on any atom is -0.452 e. The highest BCUT2D eigenvalue weighted by Crippen LogP contribution is 2.36. The Morgan fingerprint density at radius 2 is 1.86 bits per heavy atom. The van der Waals surface area contributed by atoms with Crippen molar-refractivity contribution in [2.45, 2.75) is 40.0 Å². The first-order valence-electron chi connectivity index (χ1n) is 9.36. The molecule has 2 N–H and O–H groups in total. The van der Waals surface area contributed by atoms with E-state index in [0.717, 1.165) is 35.3 Å². The second kappa shape index (κ2) is 8.56. The number of hydrogen-bond donors (Lipinski definition) is 2. The number of anilines is 2. The summed E-state index contributed by atoms with van der Waals surface area (Å²) in [5.74, 6) is -1.03. The number of hydrogen-bond acceptors (Lipinski definition) is 5. The lowest BCUT2D eigenvalue weighted by Crippen LogP contribution is -2.22. The van der Waals surface area contributed by atoms with Crippen LogP contribution in [-0.2, 0) is 20.7 Å². The predicted octanol–water partition coefficient (Wildman–Crippen LogP) is 4.07. The highest BCUT2D eigenvalue weighted by Gasteiger charge is 2.31. The molecule has 28 heavy (non-hydrogen) atoms. The van der Waals surface area contributed by atoms with Crippen molar-refractivity contribution in [3.63, 3.8) is 0 Å². The Bertz CT molecular complexity index is 915. The molecule has 0 bridgehead atoms. The molecule has 0 atom stereocenters. The molecule has 2 amide bonds. The van der Waals surface area contributed by atoms with Gasteiger partial charge < -0.3 is 15.4 Å². The van der Waals surface area contributed by atoms with E-state index in [1.807, 2.05) is 45.0 Å². The van der Waals surface area contributed by atoms with Gasteiger partial charge in [-0.05, 0) is 50.3 Å². The van der Waals surface area contributed by atoms with E-state index in [9.17, 15) is 14.4 Å². The van der Waals surface area contributed by atoms with Gasteiger partial charge in [0.1, 0.15) is 5.00 Å². The molecule has 0 unspecified atom stereocenters. The first-order valence-corrected chi connectivity index (χ1v) is 10.2. The van der Waals surface area contributed by atoms with Crippen LogP contribution in [0.4, 0.5) is 10.7 Å². The maximum absolute atomic E-state index is 12.6. The van der Waals surface area contributed by atoms with Crippen LogP contribution in [0.5, 0.6) is 0 Å². The van der Waals surface area contributed by atoms with E-state index >= 15 is 0 Å². The third kappa shape index (κ3) is 4.59. The molecule has 0 saturated heterocycles. The van der Waals surface area contributed by atoms with Crippen LogP contribution >= 0.6 is 11.3 Å². The molecule has 2 aromatic rings. The van der Waals surface area contributed by atoms with Crippen molar-refractivity contribution >= 4 is 39.8 Å². The van der Waals surface area contributed by atoms with Crippen molar-refractivity contribution in [3.8, 4) is 0 Å². The number of carbonyl (C=O) groups excluding carboxylic acids is 3. The molecular formula is C21H24N2O4S. The van der Waals surface area contributed by atoms with Crippen LogP contribution < -0.4 is 10.6 Å². The Kier molecular flexibility index (Phi) is 6.14. The lowest BCUT2D eigenvalue weighted by Gasteiger charge is -2.11. The second-order valence-electron chi connectivity index (χ2n) is 6.89. The van der Waals surface area contributed by atoms with Gasteiger partial charge in [0.2, 0.25) is 5.91 Å². The molecule has 6 nitrogen and oxygen atoms in total. The highest BCUT2D eigenvalue weighted by atomic mass is 32.1. The number of aryl methyl sites for hydroxylation is 2. The molecule has 0 aliphatic heterocycles. The van der Waals surface area contributed by atoms with Gasteiger partial charge in [0.25, 0.3) is 5.91 Å². The van der Waals surface area contributed by atoms with E-state index in [2.05, 4.69) is 10.6 Å². The number of esters is 1. The first kappa shape index (κ1) is 20.1. The number of para-hydroxylation sites is 1. The van der Waals surface area contributed by atoms with E-state index in [1.54, 1.807) is 0 Å². The third-order valence-corrected chi connectivity index (χ3v) is 5.90. The maximum atomic E-state index is 12.6. The van der Waals surface area contributed by atoms with E-state index in [1.165, 1.54) is 11.3 Å². The zero-order chi connectivity index (χ0) is 20.3. The fourth-order valence-electron chi connectivity index (χ4n) is 2.86. The molecule has 0 spiro atoms. The lowest BCUT2D eigenvalue weighted by molar-refractivity contribution is -0.119. The molecule has 1 heterocycles. The lowest BCUT2D eigenvalue weighted by atomic mass is 10.1. The summed E-state index contributed by atoms with van der Waals surface area (Å²) in [5.41, 5.74) is 2.82. The summed E-state index contributed by atoms with van der Waals surface area (Å²) in [5, 5.41) is 6.10. The van der Waals surface area contributed by atoms with Crippen LogP contribution in [-0.4, -0.2) is 24.4 Å². The zero-order valence-electron chi connectivity index (χ0n) is 16.3. The second-order valence-corrected chi connectivity index (χ2v) is 8.11. The number of carbonyl (C=O) groups is 3. The van der Waals surface area contributed by atoms with E-state index in [0.29, 0.717) is 16.3 Å². The smallest absolute Gasteiger partial charge is 0.341 e. The van der Waals surface area contributed by atoms with Crippen LogP contribution in [0.1, 0.15) is 46.1 Å². The fraction of sp³-hybridized carbons (Fsp3) is 0.381. The topological polar surface area (TPSA) is 84.5 Å². The molecule has 148 valence electrons. The highest BCUT2D eigenvalue weighted by molar-refractivity contribution is 7.16. The quantitative estimate of drug-likeness (QED) is 0.686. The maximum Gasteiger partial charge on any atom is 0.341 e. The summed E-state index contributed by atoms with van der Waals surface area (Å²) in [4.78, 5) is 37.8. The van der Waals surface area contributed by atoms with Gasteiger partial charge in [-0.3, -0.25) is 9.59 Å². The standard InChI is InChI=1S/C21H24N2O4S/c1-4-14-7-5-6-8-16(14)22-17(24)11-27-21(26)18-12(2)13(3)28-20(18)23-19(25)15-9-10-15/h5-8,15H,4,9-11H2,1-3H3,(H,22,24)(H,23,25). The van der Waals surface area contributed by atoms with Gasteiger partial charge in [0.05, 0.1) is 5.56 Å². The molecule has 1 aliphatic rings. The van der Waals surface area contributed by atoms with Crippen LogP contribution in [0, 0.1) is 19.8 Å². The summed E-state index contributed by atoms with van der Waals surface area (Å²) >= 11 is 1.35. The van der Waals surface area contributed by atoms with Crippen molar-refractivity contribution in [3.05, 3.63) is 45.8 Å². The van der Waals surface area contributed by atoms with Crippen molar-refractivity contribution < 1.29 is 19.1 Å². The van der Waals surface area contributed by atoms with Gasteiger partial charge in [0.15, 0.2) is 6.61 Å². The molecule has 1 saturated carbocycles. The van der Waals surface area contributed by atoms with E-state index < -0.39 is 11.9 Å². The Labute approximate surface area is 168 Å². The van der Waals surface area contributed by atoms with E-state index in [4.69, 9.17) is 4.74 Å². The normalized spacial score (nSPS) is 13.1. The van der Waals surface area contributed by atoms with Gasteiger partial charge in [-0.2, -0.15) is 0 Å². The molecule has 1 fully saturated rings.